The highest BCUT2D eigenvalue weighted by atomic mass is 16.6. The zero-order valence-electron chi connectivity index (χ0n) is 41.7. The first-order chi connectivity index (χ1) is 35.7. The Hall–Kier alpha value is -8.36. The van der Waals surface area contributed by atoms with E-state index in [1.807, 2.05) is 26.0 Å². The molecule has 9 rings (SSSR count). The van der Waals surface area contributed by atoms with E-state index in [9.17, 15) is 24.0 Å². The van der Waals surface area contributed by atoms with Crippen molar-refractivity contribution >= 4 is 63.6 Å². The summed E-state index contributed by atoms with van der Waals surface area (Å²) >= 11 is 0. The maximum absolute atomic E-state index is 13.9. The van der Waals surface area contributed by atoms with Gasteiger partial charge < -0.3 is 35.1 Å². The summed E-state index contributed by atoms with van der Waals surface area (Å²) in [5, 5.41) is 23.7. The molecule has 0 aliphatic carbocycles. The highest BCUT2D eigenvalue weighted by molar-refractivity contribution is 6.05. The van der Waals surface area contributed by atoms with Gasteiger partial charge in [-0.1, -0.05) is 12.2 Å². The van der Waals surface area contributed by atoms with Crippen LogP contribution in [0, 0.1) is 13.8 Å². The summed E-state index contributed by atoms with van der Waals surface area (Å²) in [6.45, 7) is 12.7. The van der Waals surface area contributed by atoms with E-state index in [-0.39, 0.29) is 54.5 Å². The molecule has 5 amide bonds. The molecular weight excluding hydrogens is 955 g/mol. The number of aromatic nitrogens is 12. The van der Waals surface area contributed by atoms with Crippen LogP contribution in [0.5, 0.6) is 5.75 Å². The molecule has 388 valence electrons. The standard InChI is InChI=1S/C48H59N19O7/c1-5-66-35(20-28(3)59-66)45(71)55-47-53-33-22-31(41(49)69)24-37(73-19-9-12-61-15-10-30(11-16-61)43-58-57-38-26-62(17-18-63(38)43)39(68)27-74-51)40(33)64(47)13-7-8-14-65-44-34(23-32(25-52-44)42(50)70)54-48(65)56-46(72)36-21-29(4)60-67(36)6-2/h7-8,20-25,30H,5-6,9-19,26-27,51H2,1-4H3,(H2,49,69)(H2,50,70)(H,53,55,71)(H,54,56,72)/b8-7+. The molecule has 8 heterocycles. The van der Waals surface area contributed by atoms with Crippen LogP contribution in [0.25, 0.3) is 22.2 Å². The van der Waals surface area contributed by atoms with Crippen LogP contribution < -0.4 is 32.7 Å². The second-order valence-electron chi connectivity index (χ2n) is 18.2. The molecule has 1 saturated heterocycles. The number of carbonyl (C=O) groups excluding carboxylic acids is 5. The number of hydrogen-bond donors (Lipinski definition) is 5. The number of fused-ring (bicyclic) bond motifs is 3. The van der Waals surface area contributed by atoms with Crippen LogP contribution in [-0.2, 0) is 48.9 Å². The maximum Gasteiger partial charge on any atom is 0.276 e. The molecule has 0 saturated carbocycles. The fraction of sp³-hybridized carbons (Fsp3) is 0.417. The number of nitrogens with zero attached hydrogens (tertiary/aromatic N) is 14. The van der Waals surface area contributed by atoms with Gasteiger partial charge in [-0.15, -0.1) is 10.2 Å². The normalized spacial score (nSPS) is 14.3. The summed E-state index contributed by atoms with van der Waals surface area (Å²) in [7, 11) is 0. The van der Waals surface area contributed by atoms with E-state index in [0.717, 1.165) is 44.1 Å². The molecule has 2 aliphatic heterocycles. The fourth-order valence-electron chi connectivity index (χ4n) is 9.54. The van der Waals surface area contributed by atoms with E-state index in [1.165, 1.54) is 12.3 Å². The topological polar surface area (TPSA) is 327 Å². The SMILES string of the molecule is CCn1nc(C)cc1C(=O)Nc1nc2cc(C(N)=O)cnc2n1C/C=C/Cn1c(NC(=O)c2cc(C)nn2CC)nc2cc(C(N)=O)cc(OCCCN3CCC(c4nnc5n4CCN(C(=O)CON)C5)CC3)c21. The summed E-state index contributed by atoms with van der Waals surface area (Å²) in [6.07, 6.45) is 7.49. The van der Waals surface area contributed by atoms with Crippen molar-refractivity contribution in [1.29, 1.82) is 0 Å². The predicted molar refractivity (Wildman–Crippen MR) is 269 cm³/mol. The number of nitrogens with two attached hydrogens (primary N) is 3. The predicted octanol–water partition coefficient (Wildman–Crippen LogP) is 2.26. The van der Waals surface area contributed by atoms with Crippen molar-refractivity contribution in [2.45, 2.75) is 92.1 Å². The number of amides is 5. The summed E-state index contributed by atoms with van der Waals surface area (Å²) in [4.78, 5) is 87.3. The van der Waals surface area contributed by atoms with Crippen LogP contribution in [-0.4, -0.2) is 137 Å². The number of aryl methyl sites for hydroxylation is 4. The van der Waals surface area contributed by atoms with Gasteiger partial charge in [0, 0.05) is 63.5 Å². The molecule has 1 fully saturated rings. The number of primary amides is 2. The average molecular weight is 1010 g/mol. The van der Waals surface area contributed by atoms with Gasteiger partial charge in [-0.05, 0) is 90.4 Å². The second-order valence-corrected chi connectivity index (χ2v) is 18.2. The van der Waals surface area contributed by atoms with Crippen molar-refractivity contribution < 1.29 is 33.5 Å². The van der Waals surface area contributed by atoms with E-state index < -0.39 is 23.6 Å². The third-order valence-electron chi connectivity index (χ3n) is 13.2. The molecule has 0 spiro atoms. The number of carbonyl (C=O) groups is 5. The maximum atomic E-state index is 13.9. The van der Waals surface area contributed by atoms with Gasteiger partial charge in [0.2, 0.25) is 23.7 Å². The monoisotopic (exact) mass is 1010 g/mol. The number of hydrogen-bond acceptors (Lipinski definition) is 16. The number of ether oxygens (including phenoxy) is 1. The molecule has 0 radical (unpaired) electrons. The van der Waals surface area contributed by atoms with Crippen LogP contribution in [0.1, 0.15) is 104 Å². The number of anilines is 2. The van der Waals surface area contributed by atoms with Crippen molar-refractivity contribution in [1.82, 2.24) is 68.2 Å². The number of allylic oxidation sites excluding steroid dienone is 2. The Morgan fingerprint density at radius 2 is 1.39 bits per heavy atom. The van der Waals surface area contributed by atoms with Crippen molar-refractivity contribution in [3.8, 4) is 5.75 Å². The first-order valence-electron chi connectivity index (χ1n) is 24.5. The number of rotatable bonds is 20. The van der Waals surface area contributed by atoms with E-state index in [2.05, 4.69) is 55.3 Å². The Morgan fingerprint density at radius 1 is 0.770 bits per heavy atom. The van der Waals surface area contributed by atoms with Gasteiger partial charge >= 0.3 is 0 Å². The van der Waals surface area contributed by atoms with Crippen molar-refractivity contribution in [2.24, 2.45) is 17.4 Å². The molecule has 26 nitrogen and oxygen atoms in total. The lowest BCUT2D eigenvalue weighted by atomic mass is 9.95. The van der Waals surface area contributed by atoms with E-state index in [4.69, 9.17) is 27.1 Å². The molecule has 74 heavy (non-hydrogen) atoms. The van der Waals surface area contributed by atoms with Gasteiger partial charge in [0.25, 0.3) is 17.7 Å². The number of piperidine rings is 1. The molecule has 0 unspecified atom stereocenters. The summed E-state index contributed by atoms with van der Waals surface area (Å²) < 4.78 is 15.3. The van der Waals surface area contributed by atoms with E-state index >= 15 is 0 Å². The van der Waals surface area contributed by atoms with E-state index in [0.29, 0.717) is 96.5 Å². The Morgan fingerprint density at radius 3 is 2.03 bits per heavy atom. The highest BCUT2D eigenvalue weighted by Crippen LogP contribution is 2.33. The molecule has 6 aromatic heterocycles. The van der Waals surface area contributed by atoms with Crippen molar-refractivity contribution in [3.05, 3.63) is 94.2 Å². The van der Waals surface area contributed by atoms with E-state index in [1.54, 1.807) is 61.5 Å². The average Bonchev–Trinajstić information content (AvgIpc) is 4.23. The fourth-order valence-corrected chi connectivity index (χ4v) is 9.54. The van der Waals surface area contributed by atoms with Crippen LogP contribution in [0.15, 0.2) is 48.7 Å². The lowest BCUT2D eigenvalue weighted by Crippen LogP contribution is -2.41. The first kappa shape index (κ1) is 50.6. The molecule has 0 bridgehead atoms. The van der Waals surface area contributed by atoms with Gasteiger partial charge in [0.15, 0.2) is 11.5 Å². The number of imidazole rings is 2. The zero-order chi connectivity index (χ0) is 52.2. The molecule has 0 atom stereocenters. The third kappa shape index (κ3) is 10.6. The van der Waals surface area contributed by atoms with Crippen molar-refractivity contribution in [3.63, 3.8) is 0 Å². The van der Waals surface area contributed by atoms with Gasteiger partial charge in [-0.3, -0.25) is 53.4 Å². The van der Waals surface area contributed by atoms with Crippen LogP contribution in [0.4, 0.5) is 11.9 Å². The zero-order valence-corrected chi connectivity index (χ0v) is 41.7. The lowest BCUT2D eigenvalue weighted by Gasteiger charge is -2.33. The molecule has 7 aromatic rings. The van der Waals surface area contributed by atoms with Crippen LogP contribution >= 0.6 is 0 Å². The van der Waals surface area contributed by atoms with Gasteiger partial charge in [0.05, 0.1) is 35.6 Å². The highest BCUT2D eigenvalue weighted by Gasteiger charge is 2.30. The number of pyridine rings is 1. The number of likely N-dealkylation sites (tertiary alicyclic amines) is 1. The quantitative estimate of drug-likeness (QED) is 0.0415. The van der Waals surface area contributed by atoms with Gasteiger partial charge in [-0.25, -0.2) is 20.8 Å². The summed E-state index contributed by atoms with van der Waals surface area (Å²) in [5.74, 6) is 5.33. The van der Waals surface area contributed by atoms with Gasteiger partial charge in [-0.2, -0.15) is 10.2 Å². The molecule has 2 aliphatic rings. The van der Waals surface area contributed by atoms with Crippen molar-refractivity contribution in [2.75, 3.05) is 50.0 Å². The lowest BCUT2D eigenvalue weighted by molar-refractivity contribution is -0.137. The largest absolute Gasteiger partial charge is 0.491 e. The number of benzene rings is 1. The first-order valence-corrected chi connectivity index (χ1v) is 24.5. The summed E-state index contributed by atoms with van der Waals surface area (Å²) in [6, 6.07) is 8.04. The third-order valence-corrected chi connectivity index (χ3v) is 13.2. The Bertz CT molecular complexity index is 3300. The molecule has 1 aromatic carbocycles. The minimum absolute atomic E-state index is 0.150. The number of nitrogens with one attached hydrogen (secondary N) is 2. The molecule has 8 N–H and O–H groups in total. The Balaban J connectivity index is 0.942. The minimum Gasteiger partial charge on any atom is -0.491 e. The molecule has 26 heteroatoms. The molecular formula is C48H59N19O7. The summed E-state index contributed by atoms with van der Waals surface area (Å²) in [5.41, 5.74) is 15.4. The minimum atomic E-state index is -0.678. The Kier molecular flexibility index (Phi) is 14.9. The van der Waals surface area contributed by atoms with Crippen LogP contribution in [0.3, 0.4) is 0 Å². The second kappa shape index (κ2) is 21.8. The van der Waals surface area contributed by atoms with Crippen LogP contribution in [0.2, 0.25) is 0 Å². The van der Waals surface area contributed by atoms with Gasteiger partial charge in [0.1, 0.15) is 40.6 Å². The smallest absolute Gasteiger partial charge is 0.276 e. The Labute approximate surface area is 423 Å².